The second kappa shape index (κ2) is 5.66. The molecule has 0 bridgehead atoms. The molecule has 0 spiro atoms. The number of sulfonamides is 1. The normalized spacial score (nSPS) is 17.2. The summed E-state index contributed by atoms with van der Waals surface area (Å²) < 4.78 is 24.7. The molecule has 1 saturated heterocycles. The lowest BCUT2D eigenvalue weighted by atomic mass is 10.3. The molecule has 0 aromatic carbocycles. The predicted molar refractivity (Wildman–Crippen MR) is 78.7 cm³/mol. The minimum absolute atomic E-state index is 0.0744. The van der Waals surface area contributed by atoms with Gasteiger partial charge in [-0.15, -0.1) is 0 Å². The third kappa shape index (κ3) is 3.68. The molecule has 2 rings (SSSR count). The third-order valence-corrected chi connectivity index (χ3v) is 4.81. The maximum atomic E-state index is 12.4. The van der Waals surface area contributed by atoms with E-state index in [2.05, 4.69) is 14.6 Å². The van der Waals surface area contributed by atoms with E-state index in [1.165, 1.54) is 0 Å². The molecule has 1 aliphatic heterocycles. The lowest BCUT2D eigenvalue weighted by Gasteiger charge is -2.32. The fourth-order valence-electron chi connectivity index (χ4n) is 1.95. The Morgan fingerprint density at radius 1 is 1.30 bits per heavy atom. The molecule has 0 saturated carbocycles. The van der Waals surface area contributed by atoms with Gasteiger partial charge in [0.15, 0.2) is 5.13 Å². The number of hydrogen-bond donors (Lipinski definition) is 1. The number of carbonyl (C=O) groups is 1. The Morgan fingerprint density at radius 3 is 2.45 bits per heavy atom. The molecule has 1 aromatic rings. The molecule has 1 N–H and O–H groups in total. The summed E-state index contributed by atoms with van der Waals surface area (Å²) in [6.45, 7) is 4.77. The van der Waals surface area contributed by atoms with Crippen LogP contribution in [0.25, 0.3) is 0 Å². The first-order valence-corrected chi connectivity index (χ1v) is 8.90. The van der Waals surface area contributed by atoms with Crippen LogP contribution in [0.5, 0.6) is 0 Å². The SMILES string of the molecule is Cc1nc(NS(C)(=O)=O)sc1C(=O)N1CCN(C)CC1. The topological polar surface area (TPSA) is 82.6 Å². The summed E-state index contributed by atoms with van der Waals surface area (Å²) in [5.41, 5.74) is 0.560. The van der Waals surface area contributed by atoms with E-state index in [0.29, 0.717) is 23.7 Å². The van der Waals surface area contributed by atoms with Crippen molar-refractivity contribution in [2.45, 2.75) is 6.92 Å². The van der Waals surface area contributed by atoms with Gasteiger partial charge < -0.3 is 9.80 Å². The van der Waals surface area contributed by atoms with Gasteiger partial charge in [-0.25, -0.2) is 13.4 Å². The van der Waals surface area contributed by atoms with Crippen molar-refractivity contribution in [3.8, 4) is 0 Å². The lowest BCUT2D eigenvalue weighted by Crippen LogP contribution is -2.47. The molecule has 1 aromatic heterocycles. The number of rotatable bonds is 3. The van der Waals surface area contributed by atoms with Crippen LogP contribution in [-0.4, -0.2) is 68.6 Å². The largest absolute Gasteiger partial charge is 0.335 e. The van der Waals surface area contributed by atoms with Crippen molar-refractivity contribution in [1.29, 1.82) is 0 Å². The number of amides is 1. The Bertz CT molecular complexity index is 603. The number of aromatic nitrogens is 1. The zero-order valence-electron chi connectivity index (χ0n) is 11.7. The van der Waals surface area contributed by atoms with Crippen molar-refractivity contribution < 1.29 is 13.2 Å². The fraction of sp³-hybridized carbons (Fsp3) is 0.636. The van der Waals surface area contributed by atoms with Crippen LogP contribution in [0, 0.1) is 6.92 Å². The highest BCUT2D eigenvalue weighted by molar-refractivity contribution is 7.92. The van der Waals surface area contributed by atoms with Gasteiger partial charge in [-0.3, -0.25) is 9.52 Å². The second-order valence-electron chi connectivity index (χ2n) is 4.90. The average Bonchev–Trinajstić information content (AvgIpc) is 2.67. The summed E-state index contributed by atoms with van der Waals surface area (Å²) in [5.74, 6) is -0.0744. The van der Waals surface area contributed by atoms with Crippen LogP contribution >= 0.6 is 11.3 Å². The van der Waals surface area contributed by atoms with Gasteiger partial charge in [-0.1, -0.05) is 11.3 Å². The van der Waals surface area contributed by atoms with Crippen LogP contribution in [0.15, 0.2) is 0 Å². The second-order valence-corrected chi connectivity index (χ2v) is 7.65. The van der Waals surface area contributed by atoms with Gasteiger partial charge in [-0.05, 0) is 14.0 Å². The molecular weight excluding hydrogens is 300 g/mol. The molecule has 2 heterocycles. The Hall–Kier alpha value is -1.19. The number of nitrogens with one attached hydrogen (secondary N) is 1. The number of likely N-dealkylation sites (N-methyl/N-ethyl adjacent to an activating group) is 1. The van der Waals surface area contributed by atoms with Crippen LogP contribution in [0.4, 0.5) is 5.13 Å². The molecule has 7 nitrogen and oxygen atoms in total. The molecule has 9 heteroatoms. The van der Waals surface area contributed by atoms with E-state index in [-0.39, 0.29) is 11.0 Å². The maximum absolute atomic E-state index is 12.4. The van der Waals surface area contributed by atoms with E-state index in [4.69, 9.17) is 0 Å². The molecule has 1 fully saturated rings. The molecule has 1 amide bonds. The Kier molecular flexibility index (Phi) is 4.31. The van der Waals surface area contributed by atoms with Crippen molar-refractivity contribution >= 4 is 32.4 Å². The van der Waals surface area contributed by atoms with E-state index in [9.17, 15) is 13.2 Å². The van der Waals surface area contributed by atoms with Crippen molar-refractivity contribution in [3.63, 3.8) is 0 Å². The quantitative estimate of drug-likeness (QED) is 0.861. The highest BCUT2D eigenvalue weighted by Crippen LogP contribution is 2.25. The Balaban J connectivity index is 2.14. The summed E-state index contributed by atoms with van der Waals surface area (Å²) in [6.07, 6.45) is 1.06. The lowest BCUT2D eigenvalue weighted by molar-refractivity contribution is 0.0668. The van der Waals surface area contributed by atoms with Gasteiger partial charge in [0.25, 0.3) is 5.91 Å². The van der Waals surface area contributed by atoms with E-state index in [0.717, 1.165) is 30.7 Å². The first-order chi connectivity index (χ1) is 9.26. The smallest absolute Gasteiger partial charge is 0.266 e. The van der Waals surface area contributed by atoms with Crippen molar-refractivity contribution in [3.05, 3.63) is 10.6 Å². The van der Waals surface area contributed by atoms with Gasteiger partial charge >= 0.3 is 0 Å². The maximum Gasteiger partial charge on any atom is 0.266 e. The summed E-state index contributed by atoms with van der Waals surface area (Å²) in [4.78, 5) is 21.0. The molecule has 0 unspecified atom stereocenters. The number of carbonyl (C=O) groups excluding carboxylic acids is 1. The monoisotopic (exact) mass is 318 g/mol. The Morgan fingerprint density at radius 2 is 1.90 bits per heavy atom. The van der Waals surface area contributed by atoms with Crippen molar-refractivity contribution in [2.24, 2.45) is 0 Å². The van der Waals surface area contributed by atoms with Gasteiger partial charge in [-0.2, -0.15) is 0 Å². The zero-order chi connectivity index (χ0) is 14.9. The summed E-state index contributed by atoms with van der Waals surface area (Å²) in [7, 11) is -1.35. The number of anilines is 1. The van der Waals surface area contributed by atoms with Gasteiger partial charge in [0, 0.05) is 26.2 Å². The molecule has 112 valence electrons. The van der Waals surface area contributed by atoms with Crippen LogP contribution in [0.3, 0.4) is 0 Å². The van der Waals surface area contributed by atoms with Crippen molar-refractivity contribution in [1.82, 2.24) is 14.8 Å². The van der Waals surface area contributed by atoms with E-state index < -0.39 is 10.0 Å². The number of aryl methyl sites for hydroxylation is 1. The summed E-state index contributed by atoms with van der Waals surface area (Å²) in [6, 6.07) is 0. The van der Waals surface area contributed by atoms with E-state index in [1.807, 2.05) is 7.05 Å². The Labute approximate surface area is 122 Å². The molecule has 0 atom stereocenters. The first kappa shape index (κ1) is 15.2. The van der Waals surface area contributed by atoms with Gasteiger partial charge in [0.05, 0.1) is 11.9 Å². The van der Waals surface area contributed by atoms with E-state index >= 15 is 0 Å². The molecule has 0 radical (unpaired) electrons. The number of thiazole rings is 1. The standard InChI is InChI=1S/C11H18N4O3S2/c1-8-9(19-11(12-8)13-20(3,17)18)10(16)15-6-4-14(2)5-7-15/h4-7H2,1-3H3,(H,12,13). The molecule has 1 aliphatic rings. The number of hydrogen-bond acceptors (Lipinski definition) is 6. The van der Waals surface area contributed by atoms with Gasteiger partial charge in [0.1, 0.15) is 4.88 Å². The first-order valence-electron chi connectivity index (χ1n) is 6.19. The summed E-state index contributed by atoms with van der Waals surface area (Å²) in [5, 5.41) is 0.238. The number of piperazine rings is 1. The average molecular weight is 318 g/mol. The predicted octanol–water partition coefficient (Wildman–Crippen LogP) is 0.211. The number of nitrogens with zero attached hydrogens (tertiary/aromatic N) is 3. The zero-order valence-corrected chi connectivity index (χ0v) is 13.3. The highest BCUT2D eigenvalue weighted by atomic mass is 32.2. The van der Waals surface area contributed by atoms with Crippen molar-refractivity contribution in [2.75, 3.05) is 44.2 Å². The van der Waals surface area contributed by atoms with Crippen LogP contribution in [0.1, 0.15) is 15.4 Å². The highest BCUT2D eigenvalue weighted by Gasteiger charge is 2.24. The van der Waals surface area contributed by atoms with Gasteiger partial charge in [0.2, 0.25) is 10.0 Å². The third-order valence-electron chi connectivity index (χ3n) is 3.05. The fourth-order valence-corrected chi connectivity index (χ4v) is 3.72. The minimum atomic E-state index is -3.37. The molecular formula is C11H18N4O3S2. The van der Waals surface area contributed by atoms with Crippen LogP contribution in [0.2, 0.25) is 0 Å². The molecule has 20 heavy (non-hydrogen) atoms. The minimum Gasteiger partial charge on any atom is -0.335 e. The summed E-state index contributed by atoms with van der Waals surface area (Å²) >= 11 is 1.08. The van der Waals surface area contributed by atoms with Crippen LogP contribution < -0.4 is 4.72 Å². The molecule has 0 aliphatic carbocycles. The van der Waals surface area contributed by atoms with E-state index in [1.54, 1.807) is 11.8 Å². The van der Waals surface area contributed by atoms with Crippen LogP contribution in [-0.2, 0) is 10.0 Å².